The normalized spacial score (nSPS) is 12.7. The van der Waals surface area contributed by atoms with Gasteiger partial charge in [-0.25, -0.2) is 18.2 Å². The molecule has 1 atom stereocenters. The van der Waals surface area contributed by atoms with Crippen LogP contribution in [-0.4, -0.2) is 55.4 Å². The lowest BCUT2D eigenvalue weighted by Gasteiger charge is -2.20. The largest absolute Gasteiger partial charge is 0.495 e. The van der Waals surface area contributed by atoms with Gasteiger partial charge in [-0.15, -0.1) is 0 Å². The van der Waals surface area contributed by atoms with Gasteiger partial charge in [0.25, 0.3) is 0 Å². The van der Waals surface area contributed by atoms with Crippen LogP contribution in [0.5, 0.6) is 17.2 Å². The van der Waals surface area contributed by atoms with Crippen LogP contribution < -0.4 is 19.9 Å². The van der Waals surface area contributed by atoms with Gasteiger partial charge in [0, 0.05) is 19.4 Å². The van der Waals surface area contributed by atoms with Crippen molar-refractivity contribution in [1.82, 2.24) is 14.1 Å². The SMILES string of the molecule is CCOc1cc(C(CS(C)(=O)=O)n2c(=O)n(C)c3cc(OC)cnc32)ccc1OC. The van der Waals surface area contributed by atoms with Gasteiger partial charge in [-0.05, 0) is 24.6 Å². The summed E-state index contributed by atoms with van der Waals surface area (Å²) in [5.41, 5.74) is 1.12. The van der Waals surface area contributed by atoms with Crippen LogP contribution in [0.15, 0.2) is 35.3 Å². The van der Waals surface area contributed by atoms with Gasteiger partial charge in [0.1, 0.15) is 15.6 Å². The van der Waals surface area contributed by atoms with Crippen LogP contribution in [-0.2, 0) is 16.9 Å². The van der Waals surface area contributed by atoms with Crippen LogP contribution >= 0.6 is 0 Å². The number of aryl methyl sites for hydroxylation is 1. The maximum atomic E-state index is 13.1. The molecule has 0 aliphatic heterocycles. The van der Waals surface area contributed by atoms with Crippen molar-refractivity contribution < 1.29 is 22.6 Å². The Kier molecular flexibility index (Phi) is 6.06. The van der Waals surface area contributed by atoms with E-state index < -0.39 is 15.9 Å². The molecular formula is C20H25N3O6S. The fraction of sp³-hybridized carbons (Fsp3) is 0.400. The summed E-state index contributed by atoms with van der Waals surface area (Å²) in [6, 6.07) is 6.01. The lowest BCUT2D eigenvalue weighted by Crippen LogP contribution is -2.31. The predicted molar refractivity (Wildman–Crippen MR) is 114 cm³/mol. The van der Waals surface area contributed by atoms with E-state index in [2.05, 4.69) is 4.98 Å². The van der Waals surface area contributed by atoms with Gasteiger partial charge in [-0.2, -0.15) is 0 Å². The highest BCUT2D eigenvalue weighted by Crippen LogP contribution is 2.33. The van der Waals surface area contributed by atoms with E-state index in [-0.39, 0.29) is 11.4 Å². The average Bonchev–Trinajstić information content (AvgIpc) is 2.95. The molecule has 3 aromatic rings. The molecule has 0 N–H and O–H groups in total. The van der Waals surface area contributed by atoms with Crippen molar-refractivity contribution in [2.24, 2.45) is 7.05 Å². The predicted octanol–water partition coefficient (Wildman–Crippen LogP) is 1.78. The first-order valence-corrected chi connectivity index (χ1v) is 11.4. The van der Waals surface area contributed by atoms with Crippen LogP contribution in [0.25, 0.3) is 11.2 Å². The van der Waals surface area contributed by atoms with Gasteiger partial charge in [0.2, 0.25) is 0 Å². The number of nitrogens with zero attached hydrogens (tertiary/aromatic N) is 3. The molecule has 0 saturated carbocycles. The smallest absolute Gasteiger partial charge is 0.330 e. The van der Waals surface area contributed by atoms with Crippen molar-refractivity contribution in [3.63, 3.8) is 0 Å². The van der Waals surface area contributed by atoms with E-state index in [0.29, 0.717) is 40.6 Å². The molecule has 2 aromatic heterocycles. The molecule has 10 heteroatoms. The number of benzene rings is 1. The first kappa shape index (κ1) is 21.7. The molecule has 0 spiro atoms. The van der Waals surface area contributed by atoms with E-state index >= 15 is 0 Å². The van der Waals surface area contributed by atoms with E-state index in [1.54, 1.807) is 31.3 Å². The van der Waals surface area contributed by atoms with Gasteiger partial charge in [0.05, 0.1) is 44.3 Å². The van der Waals surface area contributed by atoms with Crippen LogP contribution in [0.4, 0.5) is 0 Å². The number of sulfone groups is 1. The molecule has 3 rings (SSSR count). The van der Waals surface area contributed by atoms with E-state index in [1.165, 1.54) is 29.6 Å². The zero-order valence-electron chi connectivity index (χ0n) is 17.6. The van der Waals surface area contributed by atoms with Gasteiger partial charge in [-0.3, -0.25) is 9.13 Å². The molecule has 0 aliphatic carbocycles. The van der Waals surface area contributed by atoms with Crippen molar-refractivity contribution in [3.05, 3.63) is 46.5 Å². The third kappa shape index (κ3) is 4.13. The Morgan fingerprint density at radius 3 is 2.47 bits per heavy atom. The molecule has 0 amide bonds. The zero-order valence-corrected chi connectivity index (χ0v) is 18.4. The lowest BCUT2D eigenvalue weighted by atomic mass is 10.1. The molecular weight excluding hydrogens is 410 g/mol. The number of aromatic nitrogens is 3. The van der Waals surface area contributed by atoms with Gasteiger partial charge < -0.3 is 14.2 Å². The first-order chi connectivity index (χ1) is 14.2. The molecule has 1 unspecified atom stereocenters. The Morgan fingerprint density at radius 2 is 1.87 bits per heavy atom. The summed E-state index contributed by atoms with van der Waals surface area (Å²) in [4.78, 5) is 17.5. The Labute approximate surface area is 174 Å². The topological polar surface area (TPSA) is 102 Å². The number of fused-ring (bicyclic) bond motifs is 1. The van der Waals surface area contributed by atoms with Crippen molar-refractivity contribution in [2.45, 2.75) is 13.0 Å². The van der Waals surface area contributed by atoms with Crippen LogP contribution in [0, 0.1) is 0 Å². The van der Waals surface area contributed by atoms with Crippen molar-refractivity contribution in [3.8, 4) is 17.2 Å². The fourth-order valence-electron chi connectivity index (χ4n) is 3.38. The minimum absolute atomic E-state index is 0.280. The third-order valence-electron chi connectivity index (χ3n) is 4.78. The summed E-state index contributed by atoms with van der Waals surface area (Å²) in [5.74, 6) is 1.21. The summed E-state index contributed by atoms with van der Waals surface area (Å²) in [7, 11) is 1.20. The fourth-order valence-corrected chi connectivity index (χ4v) is 4.30. The molecule has 2 heterocycles. The van der Waals surface area contributed by atoms with Gasteiger partial charge in [-0.1, -0.05) is 6.07 Å². The second kappa shape index (κ2) is 8.39. The number of rotatable bonds is 8. The average molecular weight is 436 g/mol. The van der Waals surface area contributed by atoms with Crippen molar-refractivity contribution in [1.29, 1.82) is 0 Å². The second-order valence-electron chi connectivity index (χ2n) is 6.88. The number of pyridine rings is 1. The molecule has 30 heavy (non-hydrogen) atoms. The van der Waals surface area contributed by atoms with Gasteiger partial charge >= 0.3 is 5.69 Å². The van der Waals surface area contributed by atoms with E-state index in [9.17, 15) is 13.2 Å². The Balaban J connectivity index is 2.28. The molecule has 162 valence electrons. The van der Waals surface area contributed by atoms with Crippen molar-refractivity contribution >= 4 is 21.0 Å². The highest BCUT2D eigenvalue weighted by molar-refractivity contribution is 7.90. The number of methoxy groups -OCH3 is 2. The molecule has 0 saturated heterocycles. The molecule has 0 aliphatic rings. The summed E-state index contributed by atoms with van der Waals surface area (Å²) in [6.07, 6.45) is 2.63. The Hall–Kier alpha value is -3.01. The van der Waals surface area contributed by atoms with Crippen LogP contribution in [0.3, 0.4) is 0 Å². The first-order valence-electron chi connectivity index (χ1n) is 9.29. The Morgan fingerprint density at radius 1 is 1.13 bits per heavy atom. The lowest BCUT2D eigenvalue weighted by molar-refractivity contribution is 0.310. The molecule has 0 fully saturated rings. The molecule has 0 radical (unpaired) electrons. The molecule has 9 nitrogen and oxygen atoms in total. The summed E-state index contributed by atoms with van der Waals surface area (Å²) < 4.78 is 43.5. The maximum Gasteiger partial charge on any atom is 0.330 e. The van der Waals surface area contributed by atoms with E-state index in [0.717, 1.165) is 6.26 Å². The van der Waals surface area contributed by atoms with Gasteiger partial charge in [0.15, 0.2) is 17.1 Å². The highest BCUT2D eigenvalue weighted by atomic mass is 32.2. The number of ether oxygens (including phenoxy) is 3. The summed E-state index contributed by atoms with van der Waals surface area (Å²) >= 11 is 0. The van der Waals surface area contributed by atoms with E-state index in [4.69, 9.17) is 14.2 Å². The number of hydrogen-bond donors (Lipinski definition) is 0. The molecule has 1 aromatic carbocycles. The Bertz CT molecular complexity index is 1230. The monoisotopic (exact) mass is 435 g/mol. The second-order valence-corrected chi connectivity index (χ2v) is 9.07. The van der Waals surface area contributed by atoms with E-state index in [1.807, 2.05) is 6.92 Å². The minimum atomic E-state index is -3.44. The van der Waals surface area contributed by atoms with Crippen LogP contribution in [0.1, 0.15) is 18.5 Å². The minimum Gasteiger partial charge on any atom is -0.495 e. The zero-order chi connectivity index (χ0) is 22.1. The summed E-state index contributed by atoms with van der Waals surface area (Å²) in [5, 5.41) is 0. The highest BCUT2D eigenvalue weighted by Gasteiger charge is 2.26. The van der Waals surface area contributed by atoms with Crippen LogP contribution in [0.2, 0.25) is 0 Å². The third-order valence-corrected chi connectivity index (χ3v) is 5.71. The van der Waals surface area contributed by atoms with Crippen molar-refractivity contribution in [2.75, 3.05) is 32.8 Å². The number of hydrogen-bond acceptors (Lipinski definition) is 7. The standard InChI is InChI=1S/C20H25N3O6S/c1-6-29-18-9-13(7-8-17(18)28-4)16(12-30(5,25)26)23-19-15(22(2)20(23)24)10-14(27-3)11-21-19/h7-11,16H,6,12H2,1-5H3. The molecule has 0 bridgehead atoms. The number of imidazole rings is 1. The quantitative estimate of drug-likeness (QED) is 0.531. The maximum absolute atomic E-state index is 13.1. The summed E-state index contributed by atoms with van der Waals surface area (Å²) in [6.45, 7) is 2.25.